The lowest BCUT2D eigenvalue weighted by molar-refractivity contribution is -0.125. The number of fused-ring (bicyclic) bond motifs is 1. The van der Waals surface area contributed by atoms with E-state index in [-0.39, 0.29) is 36.6 Å². The molecule has 2 N–H and O–H groups in total. The van der Waals surface area contributed by atoms with Crippen molar-refractivity contribution in [1.29, 1.82) is 0 Å². The van der Waals surface area contributed by atoms with E-state index in [1.54, 1.807) is 0 Å². The van der Waals surface area contributed by atoms with E-state index in [1.807, 2.05) is 0 Å². The summed E-state index contributed by atoms with van der Waals surface area (Å²) in [6.45, 7) is 3.31. The first-order valence-electron chi connectivity index (χ1n) is 7.74. The molecule has 22 heavy (non-hydrogen) atoms. The van der Waals surface area contributed by atoms with Gasteiger partial charge in [-0.2, -0.15) is 0 Å². The highest BCUT2D eigenvalue weighted by Crippen LogP contribution is 2.15. The third-order valence-corrected chi connectivity index (χ3v) is 4.27. The number of carbonyl (C=O) groups excluding carboxylic acids is 1. The average Bonchev–Trinajstić information content (AvgIpc) is 2.72. The molecule has 1 amide bonds. The van der Waals surface area contributed by atoms with Crippen molar-refractivity contribution >= 4 is 30.7 Å². The minimum Gasteiger partial charge on any atom is -0.349 e. The molecule has 6 nitrogen and oxygen atoms in total. The smallest absolute Gasteiger partial charge is 0.224 e. The number of halogens is 2. The fraction of sp³-hybridized carbons (Fsp3) is 0.786. The van der Waals surface area contributed by atoms with Gasteiger partial charge in [-0.05, 0) is 32.2 Å². The molecule has 0 aliphatic carbocycles. The van der Waals surface area contributed by atoms with Crippen molar-refractivity contribution in [2.24, 2.45) is 5.92 Å². The predicted molar refractivity (Wildman–Crippen MR) is 89.5 cm³/mol. The van der Waals surface area contributed by atoms with Crippen LogP contribution in [0.4, 0.5) is 0 Å². The number of carbonyl (C=O) groups is 1. The summed E-state index contributed by atoms with van der Waals surface area (Å²) >= 11 is 0. The fourth-order valence-electron chi connectivity index (χ4n) is 3.06. The van der Waals surface area contributed by atoms with E-state index in [4.69, 9.17) is 0 Å². The van der Waals surface area contributed by atoms with Crippen LogP contribution in [0.15, 0.2) is 0 Å². The SMILES string of the molecule is Cl.Cl.O=C(NCc1nnc2n1CCCCC2)C1CCCNC1. The maximum Gasteiger partial charge on any atom is 0.224 e. The van der Waals surface area contributed by atoms with Crippen molar-refractivity contribution in [2.45, 2.75) is 51.6 Å². The summed E-state index contributed by atoms with van der Waals surface area (Å²) in [5.41, 5.74) is 0. The lowest BCUT2D eigenvalue weighted by atomic mass is 9.99. The molecule has 126 valence electrons. The summed E-state index contributed by atoms with van der Waals surface area (Å²) in [5, 5.41) is 14.8. The fourth-order valence-corrected chi connectivity index (χ4v) is 3.06. The molecule has 8 heteroatoms. The standard InChI is InChI=1S/C14H23N5O.2ClH/c20-14(11-5-4-7-15-9-11)16-10-13-18-17-12-6-2-1-3-8-19(12)13;;/h11,15H,1-10H2,(H,16,20);2*1H. The molecular weight excluding hydrogens is 325 g/mol. The predicted octanol–water partition coefficient (Wildman–Crippen LogP) is 1.46. The molecule has 1 aromatic heterocycles. The van der Waals surface area contributed by atoms with Crippen LogP contribution >= 0.6 is 24.8 Å². The summed E-state index contributed by atoms with van der Waals surface area (Å²) in [6.07, 6.45) is 6.70. The first kappa shape index (κ1) is 19.2. The van der Waals surface area contributed by atoms with Gasteiger partial charge in [0.25, 0.3) is 0 Å². The van der Waals surface area contributed by atoms with Crippen LogP contribution < -0.4 is 10.6 Å². The Balaban J connectivity index is 0.00000121. The topological polar surface area (TPSA) is 71.8 Å². The summed E-state index contributed by atoms with van der Waals surface area (Å²) in [4.78, 5) is 12.1. The molecule has 3 rings (SSSR count). The first-order chi connectivity index (χ1) is 9.84. The van der Waals surface area contributed by atoms with Crippen LogP contribution in [0.3, 0.4) is 0 Å². The molecule has 0 aromatic carbocycles. The molecule has 0 spiro atoms. The molecule has 0 bridgehead atoms. The summed E-state index contributed by atoms with van der Waals surface area (Å²) in [5.74, 6) is 2.23. The number of amides is 1. The van der Waals surface area contributed by atoms with Gasteiger partial charge >= 0.3 is 0 Å². The zero-order valence-electron chi connectivity index (χ0n) is 12.7. The minimum atomic E-state index is 0. The van der Waals surface area contributed by atoms with E-state index in [2.05, 4.69) is 25.4 Å². The van der Waals surface area contributed by atoms with Gasteiger partial charge < -0.3 is 15.2 Å². The third-order valence-electron chi connectivity index (χ3n) is 4.27. The Kier molecular flexibility index (Phi) is 8.14. The Morgan fingerprint density at radius 1 is 1.23 bits per heavy atom. The highest BCUT2D eigenvalue weighted by molar-refractivity contribution is 5.85. The maximum absolute atomic E-state index is 12.1. The van der Waals surface area contributed by atoms with Gasteiger partial charge in [-0.15, -0.1) is 35.0 Å². The van der Waals surface area contributed by atoms with Gasteiger partial charge in [0, 0.05) is 19.5 Å². The highest BCUT2D eigenvalue weighted by atomic mass is 35.5. The number of aryl methyl sites for hydroxylation is 1. The lowest BCUT2D eigenvalue weighted by Crippen LogP contribution is -2.40. The van der Waals surface area contributed by atoms with Crippen molar-refractivity contribution in [3.05, 3.63) is 11.6 Å². The maximum atomic E-state index is 12.1. The van der Waals surface area contributed by atoms with Crippen LogP contribution in [-0.4, -0.2) is 33.8 Å². The van der Waals surface area contributed by atoms with Gasteiger partial charge in [0.15, 0.2) is 5.82 Å². The van der Waals surface area contributed by atoms with Crippen molar-refractivity contribution < 1.29 is 4.79 Å². The number of nitrogens with one attached hydrogen (secondary N) is 2. The zero-order valence-corrected chi connectivity index (χ0v) is 14.3. The van der Waals surface area contributed by atoms with Crippen LogP contribution in [0, 0.1) is 5.92 Å². The van der Waals surface area contributed by atoms with Crippen LogP contribution in [0.2, 0.25) is 0 Å². The Labute approximate surface area is 143 Å². The molecule has 3 heterocycles. The molecule has 1 atom stereocenters. The summed E-state index contributed by atoms with van der Waals surface area (Å²) in [6, 6.07) is 0. The molecule has 2 aliphatic heterocycles. The van der Waals surface area contributed by atoms with Crippen molar-refractivity contribution in [3.63, 3.8) is 0 Å². The van der Waals surface area contributed by atoms with Crippen molar-refractivity contribution in [1.82, 2.24) is 25.4 Å². The van der Waals surface area contributed by atoms with Gasteiger partial charge in [0.1, 0.15) is 5.82 Å². The molecule has 1 unspecified atom stereocenters. The van der Waals surface area contributed by atoms with E-state index in [1.165, 1.54) is 19.3 Å². The summed E-state index contributed by atoms with van der Waals surface area (Å²) < 4.78 is 2.19. The third kappa shape index (κ3) is 4.57. The Morgan fingerprint density at radius 2 is 2.09 bits per heavy atom. The molecule has 1 aromatic rings. The van der Waals surface area contributed by atoms with E-state index in [9.17, 15) is 4.79 Å². The van der Waals surface area contributed by atoms with E-state index in [0.29, 0.717) is 6.54 Å². The Morgan fingerprint density at radius 3 is 2.86 bits per heavy atom. The molecule has 1 fully saturated rings. The van der Waals surface area contributed by atoms with Crippen molar-refractivity contribution in [2.75, 3.05) is 13.1 Å². The minimum absolute atomic E-state index is 0. The van der Waals surface area contributed by atoms with Crippen LogP contribution in [0.1, 0.15) is 43.8 Å². The monoisotopic (exact) mass is 349 g/mol. The number of nitrogens with zero attached hydrogens (tertiary/aromatic N) is 3. The highest BCUT2D eigenvalue weighted by Gasteiger charge is 2.21. The van der Waals surface area contributed by atoms with Gasteiger partial charge in [0.05, 0.1) is 12.5 Å². The van der Waals surface area contributed by atoms with Gasteiger partial charge in [0.2, 0.25) is 5.91 Å². The Hall–Kier alpha value is -0.850. The van der Waals surface area contributed by atoms with E-state index in [0.717, 1.165) is 50.5 Å². The molecule has 1 saturated heterocycles. The van der Waals surface area contributed by atoms with Gasteiger partial charge in [-0.1, -0.05) is 6.42 Å². The average molecular weight is 350 g/mol. The van der Waals surface area contributed by atoms with Gasteiger partial charge in [-0.25, -0.2) is 0 Å². The van der Waals surface area contributed by atoms with Crippen molar-refractivity contribution in [3.8, 4) is 0 Å². The molecule has 0 saturated carbocycles. The zero-order chi connectivity index (χ0) is 13.8. The number of hydrogen-bond acceptors (Lipinski definition) is 4. The largest absolute Gasteiger partial charge is 0.349 e. The number of aromatic nitrogens is 3. The van der Waals surface area contributed by atoms with E-state index < -0.39 is 0 Å². The first-order valence-corrected chi connectivity index (χ1v) is 7.74. The Bertz CT molecular complexity index is 474. The van der Waals surface area contributed by atoms with Crippen LogP contribution in [0.5, 0.6) is 0 Å². The normalized spacial score (nSPS) is 20.8. The summed E-state index contributed by atoms with van der Waals surface area (Å²) in [7, 11) is 0. The number of hydrogen-bond donors (Lipinski definition) is 2. The van der Waals surface area contributed by atoms with E-state index >= 15 is 0 Å². The second kappa shape index (κ2) is 9.33. The van der Waals surface area contributed by atoms with Gasteiger partial charge in [-0.3, -0.25) is 4.79 Å². The lowest BCUT2D eigenvalue weighted by Gasteiger charge is -2.21. The second-order valence-electron chi connectivity index (χ2n) is 5.76. The second-order valence-corrected chi connectivity index (χ2v) is 5.76. The molecule has 0 radical (unpaired) electrons. The van der Waals surface area contributed by atoms with Crippen LogP contribution in [-0.2, 0) is 24.3 Å². The number of rotatable bonds is 3. The number of piperidine rings is 1. The van der Waals surface area contributed by atoms with Crippen LogP contribution in [0.25, 0.3) is 0 Å². The molecule has 2 aliphatic rings. The quantitative estimate of drug-likeness (QED) is 0.866. The molecular formula is C14H25Cl2N5O.